The Balaban J connectivity index is 0.000000846. The predicted molar refractivity (Wildman–Crippen MR) is 146 cm³/mol. The summed E-state index contributed by atoms with van der Waals surface area (Å²) < 4.78 is 10.8. The molecule has 1 aromatic carbocycles. The molecular weight excluding hydrogens is 456 g/mol. The smallest absolute Gasteiger partial charge is 0.147 e. The van der Waals surface area contributed by atoms with Crippen LogP contribution in [0.4, 0.5) is 0 Å². The van der Waals surface area contributed by atoms with Gasteiger partial charge in [-0.05, 0) is 61.5 Å². The second-order valence-corrected chi connectivity index (χ2v) is 9.35. The van der Waals surface area contributed by atoms with E-state index in [1.165, 1.54) is 56.9 Å². The molecule has 36 heavy (non-hydrogen) atoms. The lowest BCUT2D eigenvalue weighted by molar-refractivity contribution is -0.106. The Morgan fingerprint density at radius 2 is 1.42 bits per heavy atom. The molecule has 2 rings (SSSR count). The van der Waals surface area contributed by atoms with E-state index in [0.29, 0.717) is 18.5 Å². The summed E-state index contributed by atoms with van der Waals surface area (Å²) in [5, 5.41) is 16.0. The van der Waals surface area contributed by atoms with E-state index in [-0.39, 0.29) is 24.4 Å². The zero-order valence-corrected chi connectivity index (χ0v) is 22.6. The molecule has 0 unspecified atom stereocenters. The van der Waals surface area contributed by atoms with Crippen LogP contribution in [0.15, 0.2) is 48.6 Å². The second-order valence-electron chi connectivity index (χ2n) is 9.35. The highest BCUT2D eigenvalue weighted by atomic mass is 16.5. The van der Waals surface area contributed by atoms with Crippen LogP contribution in [0.3, 0.4) is 0 Å². The van der Waals surface area contributed by atoms with Crippen LogP contribution in [0, 0.1) is 11.8 Å². The maximum Gasteiger partial charge on any atom is 0.147 e. The summed E-state index contributed by atoms with van der Waals surface area (Å²) in [6, 6.07) is 9.48. The van der Waals surface area contributed by atoms with Gasteiger partial charge in [0.05, 0.1) is 26.4 Å². The van der Waals surface area contributed by atoms with E-state index in [0.717, 1.165) is 25.0 Å². The van der Waals surface area contributed by atoms with E-state index in [9.17, 15) is 9.59 Å². The number of methoxy groups -OCH3 is 2. The molecule has 2 N–H and O–H groups in total. The third-order valence-corrected chi connectivity index (χ3v) is 6.46. The van der Waals surface area contributed by atoms with Crippen molar-refractivity contribution in [3.63, 3.8) is 0 Å². The highest BCUT2D eigenvalue weighted by Gasteiger charge is 2.28. The molecule has 0 heterocycles. The maximum absolute atomic E-state index is 9.48. The van der Waals surface area contributed by atoms with Gasteiger partial charge in [0.1, 0.15) is 12.6 Å². The van der Waals surface area contributed by atoms with Crippen molar-refractivity contribution in [2.45, 2.75) is 64.2 Å². The molecule has 0 aromatic heterocycles. The molecule has 6 heteroatoms. The van der Waals surface area contributed by atoms with Crippen LogP contribution < -0.4 is 0 Å². The molecular formula is C30H48O6. The lowest BCUT2D eigenvalue weighted by Crippen LogP contribution is -2.27. The van der Waals surface area contributed by atoms with E-state index >= 15 is 0 Å². The van der Waals surface area contributed by atoms with Gasteiger partial charge in [-0.1, -0.05) is 57.2 Å². The van der Waals surface area contributed by atoms with Crippen LogP contribution in [0.25, 0.3) is 0 Å². The molecule has 0 bridgehead atoms. The molecule has 204 valence electrons. The molecule has 0 spiro atoms. The Morgan fingerprint density at radius 1 is 0.917 bits per heavy atom. The van der Waals surface area contributed by atoms with Crippen molar-refractivity contribution < 1.29 is 29.3 Å². The fourth-order valence-corrected chi connectivity index (χ4v) is 4.28. The molecule has 0 atom stereocenters. The Labute approximate surface area is 218 Å². The Morgan fingerprint density at radius 3 is 1.78 bits per heavy atom. The number of aldehydes is 2. The molecule has 6 nitrogen and oxygen atoms in total. The normalized spacial score (nSPS) is 16.7. The summed E-state index contributed by atoms with van der Waals surface area (Å²) in [4.78, 5) is 19.0. The predicted octanol–water partition coefficient (Wildman–Crippen LogP) is 5.07. The van der Waals surface area contributed by atoms with Crippen LogP contribution in [-0.4, -0.2) is 63.4 Å². The molecule has 0 amide bonds. The van der Waals surface area contributed by atoms with Crippen LogP contribution in [0.1, 0.15) is 68.9 Å². The van der Waals surface area contributed by atoms with Gasteiger partial charge in [0, 0.05) is 31.3 Å². The van der Waals surface area contributed by atoms with Crippen molar-refractivity contribution in [1.82, 2.24) is 0 Å². The zero-order valence-electron chi connectivity index (χ0n) is 22.6. The molecule has 1 fully saturated rings. The monoisotopic (exact) mass is 504 g/mol. The van der Waals surface area contributed by atoms with Gasteiger partial charge in [0.25, 0.3) is 0 Å². The topological polar surface area (TPSA) is 93.1 Å². The average Bonchev–Trinajstić information content (AvgIpc) is 2.93. The number of aliphatic hydroxyl groups excluding tert-OH is 2. The van der Waals surface area contributed by atoms with Gasteiger partial charge < -0.3 is 19.7 Å². The van der Waals surface area contributed by atoms with Gasteiger partial charge in [-0.15, -0.1) is 0 Å². The molecule has 1 aliphatic rings. The fourth-order valence-electron chi connectivity index (χ4n) is 4.28. The van der Waals surface area contributed by atoms with Crippen molar-refractivity contribution in [3.8, 4) is 0 Å². The maximum atomic E-state index is 9.48. The Kier molecular flexibility index (Phi) is 20.8. The third-order valence-electron chi connectivity index (χ3n) is 6.46. The molecule has 0 aliphatic heterocycles. The number of hydrogen-bond donors (Lipinski definition) is 2. The standard InChI is InChI=1S/C22H36O2.2C4H6O2/c1-4-5-6-7-18-8-10-19(11-9-18)20-12-14-21(15-13-20)22(16-23-2)17-24-3;2*1-4(2-5)3-6/h8-11,20-22H,4-7,12-17H2,1-3H3;2*2,6H,1,3H2. The van der Waals surface area contributed by atoms with Crippen LogP contribution in [0.5, 0.6) is 0 Å². The van der Waals surface area contributed by atoms with Crippen molar-refractivity contribution in [1.29, 1.82) is 0 Å². The summed E-state index contributed by atoms with van der Waals surface area (Å²) >= 11 is 0. The second kappa shape index (κ2) is 22.1. The SMILES string of the molecule is C=C(C=O)CO.C=C(C=O)CO.CCCCCc1ccc(C2CCC(C(COC)COC)CC2)cc1. The van der Waals surface area contributed by atoms with E-state index in [4.69, 9.17) is 19.7 Å². The van der Waals surface area contributed by atoms with Gasteiger partial charge >= 0.3 is 0 Å². The number of ether oxygens (including phenoxy) is 2. The van der Waals surface area contributed by atoms with Crippen molar-refractivity contribution in [2.75, 3.05) is 40.6 Å². The molecule has 1 aromatic rings. The molecule has 0 saturated heterocycles. The van der Waals surface area contributed by atoms with Gasteiger partial charge in [0.2, 0.25) is 0 Å². The minimum absolute atomic E-state index is 0.218. The third kappa shape index (κ3) is 15.1. The summed E-state index contributed by atoms with van der Waals surface area (Å²) in [5.74, 6) is 2.06. The lowest BCUT2D eigenvalue weighted by atomic mass is 9.74. The zero-order chi connectivity index (χ0) is 27.2. The number of aliphatic hydroxyl groups is 2. The highest BCUT2D eigenvalue weighted by molar-refractivity contribution is 5.72. The Bertz CT molecular complexity index is 693. The van der Waals surface area contributed by atoms with E-state index < -0.39 is 0 Å². The first-order valence-corrected chi connectivity index (χ1v) is 12.9. The minimum atomic E-state index is -0.233. The Hall–Kier alpha value is -2.12. The summed E-state index contributed by atoms with van der Waals surface area (Å²) in [6.45, 7) is 9.81. The van der Waals surface area contributed by atoms with Crippen molar-refractivity contribution in [3.05, 3.63) is 59.7 Å². The average molecular weight is 505 g/mol. The number of aryl methyl sites for hydroxylation is 1. The fraction of sp³-hybridized carbons (Fsp3) is 0.600. The number of carbonyl (C=O) groups is 2. The largest absolute Gasteiger partial charge is 0.392 e. The number of rotatable bonds is 14. The van der Waals surface area contributed by atoms with Gasteiger partial charge in [-0.25, -0.2) is 0 Å². The lowest BCUT2D eigenvalue weighted by Gasteiger charge is -2.33. The number of carbonyl (C=O) groups excluding carboxylic acids is 2. The number of benzene rings is 1. The van der Waals surface area contributed by atoms with Crippen molar-refractivity contribution >= 4 is 12.6 Å². The van der Waals surface area contributed by atoms with Crippen molar-refractivity contribution in [2.24, 2.45) is 11.8 Å². The van der Waals surface area contributed by atoms with Gasteiger partial charge in [-0.3, -0.25) is 9.59 Å². The van der Waals surface area contributed by atoms with Gasteiger partial charge in [-0.2, -0.15) is 0 Å². The summed E-state index contributed by atoms with van der Waals surface area (Å²) in [7, 11) is 3.60. The summed E-state index contributed by atoms with van der Waals surface area (Å²) in [5.41, 5.74) is 3.48. The number of unbranched alkanes of at least 4 members (excludes halogenated alkanes) is 2. The minimum Gasteiger partial charge on any atom is -0.392 e. The summed E-state index contributed by atoms with van der Waals surface area (Å²) in [6.07, 6.45) is 11.5. The van der Waals surface area contributed by atoms with E-state index in [1.807, 2.05) is 0 Å². The van der Waals surface area contributed by atoms with Gasteiger partial charge in [0.15, 0.2) is 0 Å². The van der Waals surface area contributed by atoms with E-state index in [1.54, 1.807) is 19.8 Å². The van der Waals surface area contributed by atoms with Crippen LogP contribution in [0.2, 0.25) is 0 Å². The number of hydrogen-bond acceptors (Lipinski definition) is 6. The first-order valence-electron chi connectivity index (χ1n) is 12.9. The van der Waals surface area contributed by atoms with Crippen LogP contribution in [-0.2, 0) is 25.5 Å². The first-order chi connectivity index (χ1) is 17.4. The van der Waals surface area contributed by atoms with Crippen LogP contribution >= 0.6 is 0 Å². The highest BCUT2D eigenvalue weighted by Crippen LogP contribution is 2.39. The molecule has 1 saturated carbocycles. The first kappa shape index (κ1) is 33.9. The quantitative estimate of drug-likeness (QED) is 0.209. The molecule has 0 radical (unpaired) electrons. The van der Waals surface area contributed by atoms with E-state index in [2.05, 4.69) is 44.3 Å². The molecule has 1 aliphatic carbocycles.